The molecule has 0 saturated carbocycles. The lowest BCUT2D eigenvalue weighted by Crippen LogP contribution is -2.48. The van der Waals surface area contributed by atoms with Gasteiger partial charge in [0, 0.05) is 38.3 Å². The fourth-order valence-electron chi connectivity index (χ4n) is 4.19. The van der Waals surface area contributed by atoms with E-state index in [0.717, 1.165) is 54.6 Å². The number of aliphatic hydroxyl groups is 1. The molecule has 1 N–H and O–H groups in total. The third-order valence-corrected chi connectivity index (χ3v) is 6.12. The lowest BCUT2D eigenvalue weighted by atomic mass is 10.2. The number of ether oxygens (including phenoxy) is 4. The summed E-state index contributed by atoms with van der Waals surface area (Å²) in [5.41, 5.74) is 1.88. The van der Waals surface area contributed by atoms with Gasteiger partial charge in [0.15, 0.2) is 11.5 Å². The highest BCUT2D eigenvalue weighted by atomic mass is 16.7. The van der Waals surface area contributed by atoms with Gasteiger partial charge in [0.2, 0.25) is 18.5 Å². The monoisotopic (exact) mass is 482 g/mol. The molecule has 186 valence electrons. The third-order valence-electron chi connectivity index (χ3n) is 6.12. The number of aliphatic hydroxyl groups excluding tert-OH is 1. The summed E-state index contributed by atoms with van der Waals surface area (Å²) in [6.07, 6.45) is -0.543. The molecule has 1 fully saturated rings. The Kier molecular flexibility index (Phi) is 7.43. The van der Waals surface area contributed by atoms with Crippen LogP contribution in [0.15, 0.2) is 47.0 Å². The van der Waals surface area contributed by atoms with Gasteiger partial charge in [-0.1, -0.05) is 11.2 Å². The van der Waals surface area contributed by atoms with Crippen molar-refractivity contribution in [3.05, 3.63) is 53.9 Å². The van der Waals surface area contributed by atoms with E-state index >= 15 is 0 Å². The smallest absolute Gasteiger partial charge is 0.241 e. The molecule has 1 atom stereocenters. The average Bonchev–Trinajstić information content (AvgIpc) is 3.55. The number of fused-ring (bicyclic) bond motifs is 1. The average molecular weight is 483 g/mol. The Morgan fingerprint density at radius 1 is 1.00 bits per heavy atom. The lowest BCUT2D eigenvalue weighted by molar-refractivity contribution is 0.000239. The molecule has 10 heteroatoms. The fraction of sp³-hybridized carbons (Fsp3) is 0.440. The predicted octanol–water partition coefficient (Wildman–Crippen LogP) is 2.17. The first-order chi connectivity index (χ1) is 17.2. The van der Waals surface area contributed by atoms with Crippen molar-refractivity contribution in [1.29, 1.82) is 0 Å². The van der Waals surface area contributed by atoms with E-state index in [9.17, 15) is 5.11 Å². The minimum absolute atomic E-state index is 0.255. The maximum atomic E-state index is 10.4. The van der Waals surface area contributed by atoms with Crippen LogP contribution in [-0.2, 0) is 17.9 Å². The summed E-state index contributed by atoms with van der Waals surface area (Å²) in [6.45, 7) is 5.60. The van der Waals surface area contributed by atoms with Crippen LogP contribution >= 0.6 is 0 Å². The summed E-state index contributed by atoms with van der Waals surface area (Å²) in [6, 6.07) is 13.3. The van der Waals surface area contributed by atoms with Crippen LogP contribution in [0.3, 0.4) is 0 Å². The number of piperazine rings is 1. The minimum atomic E-state index is -0.543. The van der Waals surface area contributed by atoms with Crippen LogP contribution in [-0.4, -0.2) is 84.4 Å². The number of methoxy groups -OCH3 is 1. The molecule has 1 aromatic heterocycles. The van der Waals surface area contributed by atoms with Crippen molar-refractivity contribution in [2.24, 2.45) is 0 Å². The highest BCUT2D eigenvalue weighted by Gasteiger charge is 2.21. The molecule has 5 rings (SSSR count). The number of benzene rings is 2. The summed E-state index contributed by atoms with van der Waals surface area (Å²) >= 11 is 0. The molecule has 3 heterocycles. The topological polar surface area (TPSA) is 103 Å². The van der Waals surface area contributed by atoms with Gasteiger partial charge in [0.05, 0.1) is 33.0 Å². The highest BCUT2D eigenvalue weighted by molar-refractivity contribution is 5.55. The molecule has 2 aromatic carbocycles. The maximum Gasteiger partial charge on any atom is 0.241 e. The van der Waals surface area contributed by atoms with Gasteiger partial charge in [-0.2, -0.15) is 4.98 Å². The molecule has 35 heavy (non-hydrogen) atoms. The van der Waals surface area contributed by atoms with Crippen molar-refractivity contribution >= 4 is 0 Å². The van der Waals surface area contributed by atoms with E-state index in [0.29, 0.717) is 31.4 Å². The zero-order chi connectivity index (χ0) is 24.0. The van der Waals surface area contributed by atoms with E-state index in [4.69, 9.17) is 23.5 Å². The van der Waals surface area contributed by atoms with Gasteiger partial charge in [-0.15, -0.1) is 0 Å². The molecule has 0 spiro atoms. The Bertz CT molecular complexity index is 1100. The molecule has 0 amide bonds. The number of aromatic nitrogens is 2. The molecule has 2 aliphatic rings. The van der Waals surface area contributed by atoms with Crippen molar-refractivity contribution in [2.45, 2.75) is 19.3 Å². The second kappa shape index (κ2) is 11.0. The van der Waals surface area contributed by atoms with E-state index < -0.39 is 6.10 Å². The predicted molar refractivity (Wildman–Crippen MR) is 126 cm³/mol. The molecule has 2 aliphatic heterocycles. The van der Waals surface area contributed by atoms with Gasteiger partial charge in [0.25, 0.3) is 0 Å². The van der Waals surface area contributed by atoms with Crippen LogP contribution < -0.4 is 14.2 Å². The first kappa shape index (κ1) is 23.6. The van der Waals surface area contributed by atoms with E-state index in [1.54, 1.807) is 7.11 Å². The summed E-state index contributed by atoms with van der Waals surface area (Å²) < 4.78 is 27.1. The zero-order valence-corrected chi connectivity index (χ0v) is 19.8. The maximum absolute atomic E-state index is 10.4. The van der Waals surface area contributed by atoms with Crippen molar-refractivity contribution in [3.63, 3.8) is 0 Å². The Labute approximate surface area is 204 Å². The van der Waals surface area contributed by atoms with Crippen molar-refractivity contribution in [1.82, 2.24) is 19.9 Å². The Morgan fingerprint density at radius 2 is 1.77 bits per heavy atom. The summed E-state index contributed by atoms with van der Waals surface area (Å²) in [4.78, 5) is 9.06. The zero-order valence-electron chi connectivity index (χ0n) is 19.8. The molecular formula is C25H30N4O6. The molecular weight excluding hydrogens is 452 g/mol. The number of rotatable bonds is 10. The van der Waals surface area contributed by atoms with Gasteiger partial charge < -0.3 is 28.6 Å². The van der Waals surface area contributed by atoms with E-state index in [1.165, 1.54) is 0 Å². The molecule has 1 saturated heterocycles. The highest BCUT2D eigenvalue weighted by Crippen LogP contribution is 2.32. The normalized spacial score (nSPS) is 17.0. The van der Waals surface area contributed by atoms with Crippen LogP contribution in [0.5, 0.6) is 17.2 Å². The van der Waals surface area contributed by atoms with E-state index in [1.807, 2.05) is 42.5 Å². The number of β-amino-alcohol motifs (C(OH)–C–C–N with tert-alkyl or cyclic N) is 1. The quantitative estimate of drug-likeness (QED) is 0.462. The van der Waals surface area contributed by atoms with Crippen molar-refractivity contribution in [3.8, 4) is 28.6 Å². The summed E-state index contributed by atoms with van der Waals surface area (Å²) in [7, 11) is 1.64. The van der Waals surface area contributed by atoms with Crippen LogP contribution in [0.4, 0.5) is 0 Å². The van der Waals surface area contributed by atoms with Gasteiger partial charge in [-0.25, -0.2) is 0 Å². The lowest BCUT2D eigenvalue weighted by Gasteiger charge is -2.34. The molecule has 0 bridgehead atoms. The van der Waals surface area contributed by atoms with Crippen molar-refractivity contribution < 1.29 is 28.6 Å². The van der Waals surface area contributed by atoms with E-state index in [2.05, 4.69) is 19.9 Å². The molecule has 1 unspecified atom stereocenters. The molecule has 0 aliphatic carbocycles. The number of hydrogen-bond acceptors (Lipinski definition) is 10. The Balaban J connectivity index is 1.01. The van der Waals surface area contributed by atoms with Crippen LogP contribution in [0.25, 0.3) is 11.4 Å². The van der Waals surface area contributed by atoms with E-state index in [-0.39, 0.29) is 13.4 Å². The second-order valence-electron chi connectivity index (χ2n) is 8.67. The SMILES string of the molecule is COc1ccc(-c2noc(CN3CCN(CC(O)COCc4ccc5c(c4)OCO5)CC3)n2)cc1. The molecule has 0 radical (unpaired) electrons. The van der Waals surface area contributed by atoms with Crippen LogP contribution in [0.1, 0.15) is 11.5 Å². The van der Waals surface area contributed by atoms with Crippen LogP contribution in [0.2, 0.25) is 0 Å². The number of nitrogens with zero attached hydrogens (tertiary/aromatic N) is 4. The first-order valence-corrected chi connectivity index (χ1v) is 11.7. The van der Waals surface area contributed by atoms with Gasteiger partial charge >= 0.3 is 0 Å². The number of hydrogen-bond donors (Lipinski definition) is 1. The summed E-state index contributed by atoms with van der Waals surface area (Å²) in [5, 5.41) is 14.5. The fourth-order valence-corrected chi connectivity index (χ4v) is 4.19. The Morgan fingerprint density at radius 3 is 2.57 bits per heavy atom. The first-order valence-electron chi connectivity index (χ1n) is 11.7. The molecule has 3 aromatic rings. The van der Waals surface area contributed by atoms with Gasteiger partial charge in [-0.05, 0) is 42.0 Å². The minimum Gasteiger partial charge on any atom is -0.497 e. The largest absolute Gasteiger partial charge is 0.497 e. The van der Waals surface area contributed by atoms with Crippen molar-refractivity contribution in [2.75, 3.05) is 53.2 Å². The Hall–Kier alpha value is -3.18. The third kappa shape index (κ3) is 6.09. The second-order valence-corrected chi connectivity index (χ2v) is 8.67. The summed E-state index contributed by atoms with van der Waals surface area (Å²) in [5.74, 6) is 3.45. The van der Waals surface area contributed by atoms with Crippen LogP contribution in [0, 0.1) is 0 Å². The van der Waals surface area contributed by atoms with Gasteiger partial charge in [0.1, 0.15) is 5.75 Å². The standard InChI is InChI=1S/C25H30N4O6/c1-31-21-5-3-19(4-6-21)25-26-24(35-27-25)14-29-10-8-28(9-11-29)13-20(30)16-32-15-18-2-7-22-23(12-18)34-17-33-22/h2-7,12,20,30H,8-11,13-17H2,1H3. The van der Waals surface area contributed by atoms with Gasteiger partial charge in [-0.3, -0.25) is 9.80 Å². The molecule has 10 nitrogen and oxygen atoms in total.